The van der Waals surface area contributed by atoms with Crippen LogP contribution in [-0.2, 0) is 24.3 Å². The Morgan fingerprint density at radius 1 is 1.12 bits per heavy atom. The summed E-state index contributed by atoms with van der Waals surface area (Å²) in [5.74, 6) is -3.24. The largest absolute Gasteiger partial charge is 0.390 e. The van der Waals surface area contributed by atoms with Crippen LogP contribution in [0.3, 0.4) is 0 Å². The van der Waals surface area contributed by atoms with Crippen molar-refractivity contribution in [1.82, 2.24) is 0 Å². The molecule has 10 heteroatoms. The lowest BCUT2D eigenvalue weighted by Crippen LogP contribution is -2.76. The zero-order valence-corrected chi connectivity index (χ0v) is 14.6. The zero-order chi connectivity index (χ0) is 18.2. The van der Waals surface area contributed by atoms with Gasteiger partial charge in [0.2, 0.25) is 0 Å². The molecule has 2 spiro atoms. The van der Waals surface area contributed by atoms with Gasteiger partial charge in [-0.25, -0.2) is 0 Å². The highest BCUT2D eigenvalue weighted by atomic mass is 32.2. The molecule has 3 heterocycles. The van der Waals surface area contributed by atoms with Crippen LogP contribution < -0.4 is 0 Å². The summed E-state index contributed by atoms with van der Waals surface area (Å²) in [7, 11) is -4.62. The molecule has 9 nitrogen and oxygen atoms in total. The molecule has 142 valence electrons. The third-order valence-electron chi connectivity index (χ3n) is 7.85. The van der Waals surface area contributed by atoms with E-state index in [2.05, 4.69) is 0 Å². The minimum Gasteiger partial charge on any atom is -0.390 e. The molecule has 5 rings (SSSR count). The predicted molar refractivity (Wildman–Crippen MR) is 79.9 cm³/mol. The van der Waals surface area contributed by atoms with E-state index in [1.807, 2.05) is 6.92 Å². The number of epoxide rings is 1. The Morgan fingerprint density at radius 2 is 1.76 bits per heavy atom. The van der Waals surface area contributed by atoms with Crippen molar-refractivity contribution in [1.29, 1.82) is 0 Å². The number of aliphatic hydroxyl groups excluding tert-OH is 2. The highest BCUT2D eigenvalue weighted by Gasteiger charge is 2.88. The van der Waals surface area contributed by atoms with E-state index in [0.29, 0.717) is 6.61 Å². The summed E-state index contributed by atoms with van der Waals surface area (Å²) < 4.78 is 51.4. The fraction of sp³-hybridized carbons (Fsp3) is 1.00. The molecule has 0 aromatic rings. The standard InChI is InChI=1S/C15H22O9S/c1-6-8(25(19,20)21)10-13(4-23-15(6,18)11(13)17)12(2)3-7(16)9(24-10)14(12)5-22-14/h6-11,16-18H,3-5H2,1-2H3,(H,19,20,21)/t6-,7-,8+,9-,10-,11+,12-,13-,14+,15?/m1/s1. The highest BCUT2D eigenvalue weighted by Crippen LogP contribution is 2.75. The van der Waals surface area contributed by atoms with Gasteiger partial charge in [-0.05, 0) is 6.42 Å². The molecule has 25 heavy (non-hydrogen) atoms. The molecular formula is C15H22O9S. The first-order valence-electron chi connectivity index (χ1n) is 8.44. The van der Waals surface area contributed by atoms with Crippen molar-refractivity contribution in [3.63, 3.8) is 0 Å². The Bertz CT molecular complexity index is 750. The molecule has 4 bridgehead atoms. The Labute approximate surface area is 144 Å². The maximum absolute atomic E-state index is 12.1. The molecule has 10 atom stereocenters. The van der Waals surface area contributed by atoms with Crippen molar-refractivity contribution in [2.75, 3.05) is 13.2 Å². The van der Waals surface area contributed by atoms with Crippen LogP contribution in [0.2, 0.25) is 0 Å². The summed E-state index contributed by atoms with van der Waals surface area (Å²) >= 11 is 0. The number of rotatable bonds is 1. The minimum absolute atomic E-state index is 0.146. The smallest absolute Gasteiger partial charge is 0.270 e. The van der Waals surface area contributed by atoms with E-state index in [1.54, 1.807) is 0 Å². The summed E-state index contributed by atoms with van der Waals surface area (Å²) in [6.45, 7) is 3.39. The molecule has 0 radical (unpaired) electrons. The van der Waals surface area contributed by atoms with Crippen LogP contribution in [0.1, 0.15) is 20.3 Å². The molecule has 0 aromatic carbocycles. The fourth-order valence-electron chi connectivity index (χ4n) is 6.38. The summed E-state index contributed by atoms with van der Waals surface area (Å²) in [6.07, 6.45) is -3.99. The van der Waals surface area contributed by atoms with Crippen molar-refractivity contribution >= 4 is 10.1 Å². The van der Waals surface area contributed by atoms with E-state index in [1.165, 1.54) is 6.92 Å². The number of fused-ring (bicyclic) bond motifs is 1. The van der Waals surface area contributed by atoms with Crippen molar-refractivity contribution in [3.8, 4) is 0 Å². The molecule has 2 saturated carbocycles. The van der Waals surface area contributed by atoms with Gasteiger partial charge in [0.25, 0.3) is 10.1 Å². The number of hydrogen-bond acceptors (Lipinski definition) is 8. The summed E-state index contributed by atoms with van der Waals surface area (Å²) in [5, 5.41) is 31.0. The lowest BCUT2D eigenvalue weighted by molar-refractivity contribution is -0.300. The van der Waals surface area contributed by atoms with Crippen LogP contribution in [0.5, 0.6) is 0 Å². The molecule has 5 fully saturated rings. The van der Waals surface area contributed by atoms with Crippen LogP contribution in [0.25, 0.3) is 0 Å². The number of ether oxygens (including phenoxy) is 3. The average Bonchev–Trinajstić information content (AvgIpc) is 3.22. The average molecular weight is 378 g/mol. The van der Waals surface area contributed by atoms with Crippen molar-refractivity contribution < 1.29 is 42.5 Å². The van der Waals surface area contributed by atoms with Crippen molar-refractivity contribution in [2.24, 2.45) is 16.7 Å². The first-order valence-corrected chi connectivity index (χ1v) is 9.94. The summed E-state index contributed by atoms with van der Waals surface area (Å²) in [5.41, 5.74) is -3.04. The Kier molecular flexibility index (Phi) is 2.84. The topological polar surface area (TPSA) is 146 Å². The van der Waals surface area contributed by atoms with Gasteiger partial charge in [0, 0.05) is 11.3 Å². The molecular weight excluding hydrogens is 356 g/mol. The van der Waals surface area contributed by atoms with Gasteiger partial charge in [-0.3, -0.25) is 4.55 Å². The van der Waals surface area contributed by atoms with Crippen LogP contribution in [0, 0.1) is 16.7 Å². The van der Waals surface area contributed by atoms with E-state index in [-0.39, 0.29) is 13.0 Å². The Morgan fingerprint density at radius 3 is 2.32 bits per heavy atom. The number of hydrogen-bond donors (Lipinski definition) is 4. The number of aliphatic hydroxyl groups is 3. The Balaban J connectivity index is 1.77. The third-order valence-corrected chi connectivity index (χ3v) is 9.20. The molecule has 3 aliphatic heterocycles. The summed E-state index contributed by atoms with van der Waals surface area (Å²) in [4.78, 5) is 0. The molecule has 1 unspecified atom stereocenters. The maximum atomic E-state index is 12.1. The van der Waals surface area contributed by atoms with Gasteiger partial charge in [-0.2, -0.15) is 8.42 Å². The molecule has 0 aromatic heterocycles. The van der Waals surface area contributed by atoms with Gasteiger partial charge in [0.05, 0.1) is 30.8 Å². The van der Waals surface area contributed by atoms with Gasteiger partial charge in [0.1, 0.15) is 23.1 Å². The SMILES string of the molecule is C[C@@H]1[C@H](S(=O)(=O)O)[C@H]2O[C@@H]3[C@H](O)C[C@](C)([C@]24COC1(O)[C@H]4O)[C@]31CO1. The second-order valence-corrected chi connectivity index (χ2v) is 10.1. The van der Waals surface area contributed by atoms with E-state index in [0.717, 1.165) is 0 Å². The second-order valence-electron chi connectivity index (χ2n) is 8.51. The first-order chi connectivity index (χ1) is 11.5. The normalized spacial score (nSPS) is 65.2. The lowest BCUT2D eigenvalue weighted by atomic mass is 9.49. The van der Waals surface area contributed by atoms with E-state index >= 15 is 0 Å². The van der Waals surface area contributed by atoms with Crippen LogP contribution >= 0.6 is 0 Å². The van der Waals surface area contributed by atoms with E-state index in [9.17, 15) is 28.3 Å². The summed E-state index contributed by atoms with van der Waals surface area (Å²) in [6, 6.07) is 0. The third kappa shape index (κ3) is 1.48. The van der Waals surface area contributed by atoms with Crippen molar-refractivity contribution in [2.45, 2.75) is 61.3 Å². The highest BCUT2D eigenvalue weighted by molar-refractivity contribution is 7.86. The second kappa shape index (κ2) is 4.22. The molecule has 3 saturated heterocycles. The minimum atomic E-state index is -4.62. The van der Waals surface area contributed by atoms with Gasteiger partial charge in [-0.15, -0.1) is 0 Å². The van der Waals surface area contributed by atoms with Crippen LogP contribution in [0.15, 0.2) is 0 Å². The zero-order valence-electron chi connectivity index (χ0n) is 13.8. The van der Waals surface area contributed by atoms with Gasteiger partial charge in [-0.1, -0.05) is 13.8 Å². The van der Waals surface area contributed by atoms with Crippen LogP contribution in [-0.4, -0.2) is 82.6 Å². The van der Waals surface area contributed by atoms with Gasteiger partial charge >= 0.3 is 0 Å². The lowest BCUT2D eigenvalue weighted by Gasteiger charge is -2.60. The van der Waals surface area contributed by atoms with Gasteiger partial charge in [0.15, 0.2) is 5.79 Å². The molecule has 0 amide bonds. The first kappa shape index (κ1) is 16.8. The monoisotopic (exact) mass is 378 g/mol. The van der Waals surface area contributed by atoms with Crippen LogP contribution in [0.4, 0.5) is 0 Å². The maximum Gasteiger partial charge on any atom is 0.270 e. The van der Waals surface area contributed by atoms with Gasteiger partial charge < -0.3 is 29.5 Å². The fourth-order valence-corrected chi connectivity index (χ4v) is 7.71. The molecule has 2 aliphatic carbocycles. The molecule has 4 N–H and O–H groups in total. The Hall–Kier alpha value is -0.330. The molecule has 5 aliphatic rings. The quantitative estimate of drug-likeness (QED) is 0.309. The van der Waals surface area contributed by atoms with E-state index in [4.69, 9.17) is 14.2 Å². The van der Waals surface area contributed by atoms with Crippen molar-refractivity contribution in [3.05, 3.63) is 0 Å². The van der Waals surface area contributed by atoms with E-state index < -0.39 is 67.9 Å². The predicted octanol–water partition coefficient (Wildman–Crippen LogP) is -1.73.